The number of nitrogens with one attached hydrogen (secondary N) is 1. The number of aryl methyl sites for hydroxylation is 1. The van der Waals surface area contributed by atoms with Gasteiger partial charge in [-0.05, 0) is 24.0 Å². The number of rotatable bonds is 5. The van der Waals surface area contributed by atoms with Crippen molar-refractivity contribution >= 4 is 11.9 Å². The van der Waals surface area contributed by atoms with Gasteiger partial charge in [-0.1, -0.05) is 38.1 Å². The number of aliphatic carboxylic acids is 1. The van der Waals surface area contributed by atoms with Crippen LogP contribution < -0.4 is 5.32 Å². The third-order valence-corrected chi connectivity index (χ3v) is 2.93. The molecule has 0 heterocycles. The van der Waals surface area contributed by atoms with Gasteiger partial charge in [0.05, 0.1) is 0 Å². The van der Waals surface area contributed by atoms with Crippen LogP contribution in [0.25, 0.3) is 0 Å². The Balaban J connectivity index is 2.66. The zero-order chi connectivity index (χ0) is 13.7. The van der Waals surface area contributed by atoms with Crippen molar-refractivity contribution in [1.82, 2.24) is 5.32 Å². The minimum absolute atomic E-state index is 0.223. The van der Waals surface area contributed by atoms with Crippen LogP contribution in [0, 0.1) is 18.8 Å². The quantitative estimate of drug-likeness (QED) is 0.784. The molecule has 1 aromatic carbocycles. The third kappa shape index (κ3) is 3.58. The van der Waals surface area contributed by atoms with Gasteiger partial charge >= 0.3 is 5.97 Å². The van der Waals surface area contributed by atoms with Crippen molar-refractivity contribution in [2.24, 2.45) is 11.8 Å². The van der Waals surface area contributed by atoms with Crippen molar-refractivity contribution in [2.45, 2.75) is 27.3 Å². The fraction of sp³-hybridized carbons (Fsp3) is 0.429. The first-order valence-corrected chi connectivity index (χ1v) is 5.98. The van der Waals surface area contributed by atoms with E-state index in [2.05, 4.69) is 5.32 Å². The summed E-state index contributed by atoms with van der Waals surface area (Å²) < 4.78 is 0. The summed E-state index contributed by atoms with van der Waals surface area (Å²) in [4.78, 5) is 22.8. The fourth-order valence-corrected chi connectivity index (χ4v) is 1.80. The molecule has 1 unspecified atom stereocenters. The van der Waals surface area contributed by atoms with E-state index in [-0.39, 0.29) is 5.92 Å². The van der Waals surface area contributed by atoms with Gasteiger partial charge in [-0.15, -0.1) is 0 Å². The molecule has 4 heteroatoms. The van der Waals surface area contributed by atoms with Crippen LogP contribution in [0.1, 0.15) is 25.0 Å². The first-order chi connectivity index (χ1) is 8.43. The third-order valence-electron chi connectivity index (χ3n) is 2.93. The SMILES string of the molecule is Cc1ccccc1CNC(=O)C(C(=O)O)C(C)C. The second-order valence-corrected chi connectivity index (χ2v) is 4.70. The maximum atomic E-state index is 11.8. The molecule has 4 nitrogen and oxygen atoms in total. The largest absolute Gasteiger partial charge is 0.481 e. The zero-order valence-electron chi connectivity index (χ0n) is 10.9. The van der Waals surface area contributed by atoms with Gasteiger partial charge in [0.2, 0.25) is 5.91 Å². The van der Waals surface area contributed by atoms with Crippen molar-refractivity contribution in [3.05, 3.63) is 35.4 Å². The van der Waals surface area contributed by atoms with Gasteiger partial charge in [0.25, 0.3) is 0 Å². The van der Waals surface area contributed by atoms with E-state index >= 15 is 0 Å². The molecule has 0 aromatic heterocycles. The number of hydrogen-bond donors (Lipinski definition) is 2. The lowest BCUT2D eigenvalue weighted by Gasteiger charge is -2.16. The summed E-state index contributed by atoms with van der Waals surface area (Å²) in [6, 6.07) is 7.69. The molecule has 0 spiro atoms. The van der Waals surface area contributed by atoms with Crippen molar-refractivity contribution in [3.8, 4) is 0 Å². The van der Waals surface area contributed by atoms with Crippen molar-refractivity contribution in [3.63, 3.8) is 0 Å². The molecule has 0 saturated heterocycles. The summed E-state index contributed by atoms with van der Waals surface area (Å²) in [7, 11) is 0. The normalized spacial score (nSPS) is 12.2. The molecule has 1 atom stereocenters. The highest BCUT2D eigenvalue weighted by atomic mass is 16.4. The average Bonchev–Trinajstić information content (AvgIpc) is 2.27. The van der Waals surface area contributed by atoms with Crippen LogP contribution in [0.4, 0.5) is 0 Å². The lowest BCUT2D eigenvalue weighted by atomic mass is 9.95. The molecule has 0 aliphatic rings. The highest BCUT2D eigenvalue weighted by Gasteiger charge is 2.29. The summed E-state index contributed by atoms with van der Waals surface area (Å²) in [5, 5.41) is 11.7. The standard InChI is InChI=1S/C14H19NO3/c1-9(2)12(14(17)18)13(16)15-8-11-7-5-4-6-10(11)3/h4-7,9,12H,8H2,1-3H3,(H,15,16)(H,17,18). The monoisotopic (exact) mass is 249 g/mol. The minimum atomic E-state index is -1.08. The van der Waals surface area contributed by atoms with Gasteiger partial charge < -0.3 is 10.4 Å². The predicted molar refractivity (Wildman–Crippen MR) is 69.0 cm³/mol. The summed E-state index contributed by atoms with van der Waals surface area (Å²) >= 11 is 0. The molecule has 18 heavy (non-hydrogen) atoms. The van der Waals surface area contributed by atoms with E-state index in [0.29, 0.717) is 6.54 Å². The van der Waals surface area contributed by atoms with Crippen LogP contribution in [-0.2, 0) is 16.1 Å². The number of hydrogen-bond acceptors (Lipinski definition) is 2. The molecule has 1 amide bonds. The Morgan fingerprint density at radius 1 is 1.28 bits per heavy atom. The van der Waals surface area contributed by atoms with Gasteiger partial charge in [0.1, 0.15) is 5.92 Å². The highest BCUT2D eigenvalue weighted by molar-refractivity contribution is 5.97. The molecule has 0 bridgehead atoms. The van der Waals surface area contributed by atoms with E-state index in [4.69, 9.17) is 5.11 Å². The highest BCUT2D eigenvalue weighted by Crippen LogP contribution is 2.12. The van der Waals surface area contributed by atoms with E-state index in [1.54, 1.807) is 13.8 Å². The van der Waals surface area contributed by atoms with Gasteiger partial charge in [-0.25, -0.2) is 0 Å². The molecule has 0 aliphatic carbocycles. The van der Waals surface area contributed by atoms with Crippen LogP contribution >= 0.6 is 0 Å². The van der Waals surface area contributed by atoms with Crippen LogP contribution in [0.15, 0.2) is 24.3 Å². The molecule has 1 aromatic rings. The number of carboxylic acids is 1. The van der Waals surface area contributed by atoms with Gasteiger partial charge in [0, 0.05) is 6.54 Å². The van der Waals surface area contributed by atoms with E-state index in [0.717, 1.165) is 11.1 Å². The summed E-state index contributed by atoms with van der Waals surface area (Å²) in [5.41, 5.74) is 2.08. The second-order valence-electron chi connectivity index (χ2n) is 4.70. The van der Waals surface area contributed by atoms with E-state index in [9.17, 15) is 9.59 Å². The Morgan fingerprint density at radius 2 is 1.89 bits per heavy atom. The topological polar surface area (TPSA) is 66.4 Å². The number of carboxylic acid groups (broad SMARTS) is 1. The Morgan fingerprint density at radius 3 is 2.39 bits per heavy atom. The Bertz CT molecular complexity index is 440. The van der Waals surface area contributed by atoms with Crippen molar-refractivity contribution in [1.29, 1.82) is 0 Å². The van der Waals surface area contributed by atoms with Crippen LogP contribution in [0.2, 0.25) is 0 Å². The molecular weight excluding hydrogens is 230 g/mol. The molecular formula is C14H19NO3. The average molecular weight is 249 g/mol. The molecule has 2 N–H and O–H groups in total. The maximum absolute atomic E-state index is 11.8. The van der Waals surface area contributed by atoms with Gasteiger partial charge in [-0.2, -0.15) is 0 Å². The predicted octanol–water partition coefficient (Wildman–Crippen LogP) is 1.97. The maximum Gasteiger partial charge on any atom is 0.316 e. The van der Waals surface area contributed by atoms with Crippen LogP contribution in [0.5, 0.6) is 0 Å². The summed E-state index contributed by atoms with van der Waals surface area (Å²) in [6.07, 6.45) is 0. The number of amides is 1. The number of carbonyl (C=O) groups is 2. The molecule has 0 aliphatic heterocycles. The number of benzene rings is 1. The van der Waals surface area contributed by atoms with Gasteiger partial charge in [0.15, 0.2) is 0 Å². The molecule has 0 saturated carbocycles. The Labute approximate surface area is 107 Å². The van der Waals surface area contributed by atoms with Crippen molar-refractivity contribution in [2.75, 3.05) is 0 Å². The van der Waals surface area contributed by atoms with E-state index in [1.165, 1.54) is 0 Å². The lowest BCUT2D eigenvalue weighted by molar-refractivity contribution is -0.148. The number of carbonyl (C=O) groups excluding carboxylic acids is 1. The molecule has 0 radical (unpaired) electrons. The fourth-order valence-electron chi connectivity index (χ4n) is 1.80. The lowest BCUT2D eigenvalue weighted by Crippen LogP contribution is -2.38. The minimum Gasteiger partial charge on any atom is -0.481 e. The molecule has 98 valence electrons. The second kappa shape index (κ2) is 6.19. The zero-order valence-corrected chi connectivity index (χ0v) is 10.9. The first-order valence-electron chi connectivity index (χ1n) is 5.98. The first kappa shape index (κ1) is 14.2. The van der Waals surface area contributed by atoms with Gasteiger partial charge in [-0.3, -0.25) is 9.59 Å². The van der Waals surface area contributed by atoms with Crippen molar-refractivity contribution < 1.29 is 14.7 Å². The Hall–Kier alpha value is -1.84. The molecule has 0 fully saturated rings. The smallest absolute Gasteiger partial charge is 0.316 e. The van der Waals surface area contributed by atoms with E-state index < -0.39 is 17.8 Å². The Kier molecular flexibility index (Phi) is 4.89. The molecule has 1 rings (SSSR count). The van der Waals surface area contributed by atoms with Crippen LogP contribution in [0.3, 0.4) is 0 Å². The van der Waals surface area contributed by atoms with E-state index in [1.807, 2.05) is 31.2 Å². The van der Waals surface area contributed by atoms with Crippen LogP contribution in [-0.4, -0.2) is 17.0 Å². The summed E-state index contributed by atoms with van der Waals surface area (Å²) in [6.45, 7) is 5.78. The summed E-state index contributed by atoms with van der Waals surface area (Å²) in [5.74, 6) is -2.72.